The van der Waals surface area contributed by atoms with Gasteiger partial charge in [-0.15, -0.1) is 0 Å². The number of piperazine rings is 1. The number of rotatable bonds is 7. The number of nitrogens with one attached hydrogen (secondary N) is 1. The summed E-state index contributed by atoms with van der Waals surface area (Å²) in [4.78, 5) is 2.62. The molecular weight excluding hydrogens is 212 g/mol. The Morgan fingerprint density at radius 3 is 2.71 bits per heavy atom. The second-order valence-electron chi connectivity index (χ2n) is 5.41. The summed E-state index contributed by atoms with van der Waals surface area (Å²) in [5, 5.41) is 3.62. The van der Waals surface area contributed by atoms with Gasteiger partial charge < -0.3 is 10.1 Å². The highest BCUT2D eigenvalue weighted by molar-refractivity contribution is 4.84. The molecule has 1 N–H and O–H groups in total. The molecule has 1 aliphatic rings. The minimum atomic E-state index is 0.580. The predicted octanol–water partition coefficient (Wildman–Crippen LogP) is 2.12. The smallest absolute Gasteiger partial charge is 0.0624 e. The van der Waals surface area contributed by atoms with Gasteiger partial charge in [-0.25, -0.2) is 0 Å². The van der Waals surface area contributed by atoms with Crippen LogP contribution in [0.3, 0.4) is 0 Å². The van der Waals surface area contributed by atoms with Gasteiger partial charge in [-0.2, -0.15) is 0 Å². The molecule has 0 bridgehead atoms. The molecule has 2 atom stereocenters. The molecule has 0 amide bonds. The third-order valence-electron chi connectivity index (χ3n) is 3.66. The molecule has 1 fully saturated rings. The Kier molecular flexibility index (Phi) is 7.09. The van der Waals surface area contributed by atoms with Gasteiger partial charge in [0, 0.05) is 38.3 Å². The number of nitrogens with zero attached hydrogens (tertiary/aromatic N) is 1. The summed E-state index contributed by atoms with van der Waals surface area (Å²) >= 11 is 0. The molecule has 1 heterocycles. The molecule has 0 aliphatic carbocycles. The second-order valence-corrected chi connectivity index (χ2v) is 5.41. The van der Waals surface area contributed by atoms with Crippen molar-refractivity contribution in [3.05, 3.63) is 0 Å². The van der Waals surface area contributed by atoms with Gasteiger partial charge in [-0.1, -0.05) is 27.2 Å². The zero-order valence-electron chi connectivity index (χ0n) is 12.0. The van der Waals surface area contributed by atoms with Gasteiger partial charge >= 0.3 is 0 Å². The maximum Gasteiger partial charge on any atom is 0.0624 e. The zero-order chi connectivity index (χ0) is 12.7. The molecule has 1 rings (SSSR count). The second kappa shape index (κ2) is 8.06. The van der Waals surface area contributed by atoms with Gasteiger partial charge in [-0.05, 0) is 19.3 Å². The summed E-state index contributed by atoms with van der Waals surface area (Å²) in [6, 6.07) is 1.26. The van der Waals surface area contributed by atoms with Gasteiger partial charge in [0.2, 0.25) is 0 Å². The topological polar surface area (TPSA) is 24.5 Å². The van der Waals surface area contributed by atoms with Crippen LogP contribution in [0.25, 0.3) is 0 Å². The van der Waals surface area contributed by atoms with Crippen LogP contribution in [0.4, 0.5) is 0 Å². The van der Waals surface area contributed by atoms with Crippen molar-refractivity contribution in [3.8, 4) is 0 Å². The van der Waals surface area contributed by atoms with Crippen LogP contribution in [0.5, 0.6) is 0 Å². The van der Waals surface area contributed by atoms with E-state index in [1.807, 2.05) is 0 Å². The van der Waals surface area contributed by atoms with Gasteiger partial charge in [-0.3, -0.25) is 4.90 Å². The van der Waals surface area contributed by atoms with E-state index < -0.39 is 0 Å². The van der Waals surface area contributed by atoms with E-state index >= 15 is 0 Å². The molecule has 0 radical (unpaired) electrons. The van der Waals surface area contributed by atoms with Crippen LogP contribution >= 0.6 is 0 Å². The van der Waals surface area contributed by atoms with E-state index in [1.54, 1.807) is 0 Å². The monoisotopic (exact) mass is 242 g/mol. The maximum atomic E-state index is 5.64. The quantitative estimate of drug-likeness (QED) is 0.740. The summed E-state index contributed by atoms with van der Waals surface area (Å²) in [6.07, 6.45) is 2.55. The van der Waals surface area contributed by atoms with Crippen LogP contribution in [0.15, 0.2) is 0 Å². The Balaban J connectivity index is 2.48. The fraction of sp³-hybridized carbons (Fsp3) is 1.00. The predicted molar refractivity (Wildman–Crippen MR) is 73.4 cm³/mol. The third-order valence-corrected chi connectivity index (χ3v) is 3.66. The molecular formula is C14H30N2O. The Morgan fingerprint density at radius 2 is 2.12 bits per heavy atom. The van der Waals surface area contributed by atoms with Gasteiger partial charge in [0.15, 0.2) is 0 Å². The average molecular weight is 242 g/mol. The Morgan fingerprint density at radius 1 is 1.35 bits per heavy atom. The normalized spacial score (nSPS) is 24.2. The Bertz CT molecular complexity index is 195. The molecule has 1 saturated heterocycles. The summed E-state index contributed by atoms with van der Waals surface area (Å²) in [5.41, 5.74) is 0. The summed E-state index contributed by atoms with van der Waals surface area (Å²) < 4.78 is 5.64. The first-order valence-electron chi connectivity index (χ1n) is 7.24. The van der Waals surface area contributed by atoms with Crippen molar-refractivity contribution in [2.75, 3.05) is 32.8 Å². The van der Waals surface area contributed by atoms with Crippen molar-refractivity contribution in [2.24, 2.45) is 5.92 Å². The SMILES string of the molecule is CCCC1CN(C(COCC)C(C)C)CCN1. The average Bonchev–Trinajstić information content (AvgIpc) is 2.30. The zero-order valence-corrected chi connectivity index (χ0v) is 12.0. The highest BCUT2D eigenvalue weighted by Gasteiger charge is 2.27. The van der Waals surface area contributed by atoms with Crippen molar-refractivity contribution in [3.63, 3.8) is 0 Å². The summed E-state index contributed by atoms with van der Waals surface area (Å²) in [6.45, 7) is 14.1. The van der Waals surface area contributed by atoms with Crippen molar-refractivity contribution in [1.29, 1.82) is 0 Å². The highest BCUT2D eigenvalue weighted by atomic mass is 16.5. The first-order valence-corrected chi connectivity index (χ1v) is 7.24. The van der Waals surface area contributed by atoms with Gasteiger partial charge in [0.1, 0.15) is 0 Å². The molecule has 2 unspecified atom stereocenters. The number of hydrogen-bond acceptors (Lipinski definition) is 3. The molecule has 102 valence electrons. The third kappa shape index (κ3) is 4.94. The van der Waals surface area contributed by atoms with Crippen LogP contribution in [-0.4, -0.2) is 49.8 Å². The lowest BCUT2D eigenvalue weighted by Gasteiger charge is -2.40. The van der Waals surface area contributed by atoms with E-state index in [9.17, 15) is 0 Å². The van der Waals surface area contributed by atoms with Crippen molar-refractivity contribution in [2.45, 2.75) is 52.6 Å². The summed E-state index contributed by atoms with van der Waals surface area (Å²) in [5.74, 6) is 0.668. The number of hydrogen-bond donors (Lipinski definition) is 1. The molecule has 3 nitrogen and oxygen atoms in total. The summed E-state index contributed by atoms with van der Waals surface area (Å²) in [7, 11) is 0. The van der Waals surface area contributed by atoms with Crippen LogP contribution in [0.2, 0.25) is 0 Å². The first-order chi connectivity index (χ1) is 8.19. The fourth-order valence-corrected chi connectivity index (χ4v) is 2.65. The van der Waals surface area contributed by atoms with E-state index in [2.05, 4.69) is 37.9 Å². The minimum absolute atomic E-state index is 0.580. The van der Waals surface area contributed by atoms with E-state index in [1.165, 1.54) is 19.4 Å². The molecule has 0 aromatic rings. The van der Waals surface area contributed by atoms with Crippen LogP contribution in [0.1, 0.15) is 40.5 Å². The fourth-order valence-electron chi connectivity index (χ4n) is 2.65. The van der Waals surface area contributed by atoms with E-state index in [4.69, 9.17) is 4.74 Å². The molecule has 0 aromatic heterocycles. The largest absolute Gasteiger partial charge is 0.380 e. The van der Waals surface area contributed by atoms with E-state index in [-0.39, 0.29) is 0 Å². The molecule has 0 aromatic carbocycles. The lowest BCUT2D eigenvalue weighted by atomic mass is 10.0. The van der Waals surface area contributed by atoms with Gasteiger partial charge in [0.05, 0.1) is 6.61 Å². The standard InChI is InChI=1S/C14H30N2O/c1-5-7-13-10-16(9-8-15-13)14(12(3)4)11-17-6-2/h12-15H,5-11H2,1-4H3. The van der Waals surface area contributed by atoms with E-state index in [0.717, 1.165) is 26.3 Å². The van der Waals surface area contributed by atoms with Gasteiger partial charge in [0.25, 0.3) is 0 Å². The highest BCUT2D eigenvalue weighted by Crippen LogP contribution is 2.15. The minimum Gasteiger partial charge on any atom is -0.380 e. The van der Waals surface area contributed by atoms with E-state index in [0.29, 0.717) is 18.0 Å². The Hall–Kier alpha value is -0.120. The molecule has 1 aliphatic heterocycles. The van der Waals surface area contributed by atoms with Crippen LogP contribution in [0, 0.1) is 5.92 Å². The maximum absolute atomic E-state index is 5.64. The number of ether oxygens (including phenoxy) is 1. The molecule has 17 heavy (non-hydrogen) atoms. The Labute approximate surface area is 107 Å². The first kappa shape index (κ1) is 14.9. The van der Waals surface area contributed by atoms with Crippen LogP contribution < -0.4 is 5.32 Å². The molecule has 0 saturated carbocycles. The molecule has 0 spiro atoms. The van der Waals surface area contributed by atoms with Crippen LogP contribution in [-0.2, 0) is 4.74 Å². The molecule has 3 heteroatoms. The lowest BCUT2D eigenvalue weighted by Crippen LogP contribution is -2.56. The lowest BCUT2D eigenvalue weighted by molar-refractivity contribution is 0.0289. The van der Waals surface area contributed by atoms with Crippen molar-refractivity contribution in [1.82, 2.24) is 10.2 Å². The van der Waals surface area contributed by atoms with Crippen molar-refractivity contribution < 1.29 is 4.74 Å². The van der Waals surface area contributed by atoms with Crippen molar-refractivity contribution >= 4 is 0 Å².